The van der Waals surface area contributed by atoms with E-state index in [4.69, 9.17) is 4.74 Å². The number of para-hydroxylation sites is 1. The lowest BCUT2D eigenvalue weighted by Crippen LogP contribution is -2.27. The van der Waals surface area contributed by atoms with Gasteiger partial charge in [-0.3, -0.25) is 4.79 Å². The fraction of sp³-hybridized carbons (Fsp3) is 0.143. The van der Waals surface area contributed by atoms with Crippen molar-refractivity contribution in [3.63, 3.8) is 0 Å². The molecule has 0 atom stereocenters. The first kappa shape index (κ1) is 18.4. The van der Waals surface area contributed by atoms with Gasteiger partial charge in [0.2, 0.25) is 0 Å². The maximum atomic E-state index is 13.5. The molecule has 0 saturated carbocycles. The number of nitrogens with zero attached hydrogens (tertiary/aromatic N) is 1. The minimum absolute atomic E-state index is 0.0742. The number of hydrogen-bond acceptors (Lipinski definition) is 4. The Kier molecular flexibility index (Phi) is 5.66. The molecule has 6 heteroatoms. The molecule has 0 aromatic heterocycles. The molecule has 0 aliphatic rings. The summed E-state index contributed by atoms with van der Waals surface area (Å²) in [6, 6.07) is 17.9. The average Bonchev–Trinajstić information content (AvgIpc) is 2.70. The van der Waals surface area contributed by atoms with Gasteiger partial charge in [-0.05, 0) is 53.6 Å². The standard InChI is InChI=1S/C21H20FN3O2/c1-14(15-7-8-17-12-18(27-2)10-9-16(17)11-15)24-25-21(26)13-23-20-6-4-3-5-19(20)22/h3-12,23H,13H2,1-2H3,(H,25,26). The Hall–Kier alpha value is -3.41. The summed E-state index contributed by atoms with van der Waals surface area (Å²) in [4.78, 5) is 11.9. The molecule has 0 heterocycles. The van der Waals surface area contributed by atoms with E-state index >= 15 is 0 Å². The topological polar surface area (TPSA) is 62.7 Å². The number of rotatable bonds is 6. The van der Waals surface area contributed by atoms with Crippen LogP contribution in [0.3, 0.4) is 0 Å². The van der Waals surface area contributed by atoms with Crippen molar-refractivity contribution in [1.82, 2.24) is 5.43 Å². The third-order valence-electron chi connectivity index (χ3n) is 4.13. The van der Waals surface area contributed by atoms with Crippen LogP contribution in [0.25, 0.3) is 10.8 Å². The number of hydrogen-bond donors (Lipinski definition) is 2. The highest BCUT2D eigenvalue weighted by atomic mass is 19.1. The largest absolute Gasteiger partial charge is 0.497 e. The Balaban J connectivity index is 1.63. The molecule has 3 aromatic carbocycles. The van der Waals surface area contributed by atoms with Gasteiger partial charge in [-0.15, -0.1) is 0 Å². The highest BCUT2D eigenvalue weighted by Crippen LogP contribution is 2.22. The van der Waals surface area contributed by atoms with Crippen molar-refractivity contribution in [2.45, 2.75) is 6.92 Å². The van der Waals surface area contributed by atoms with Crippen LogP contribution in [-0.2, 0) is 4.79 Å². The molecule has 2 N–H and O–H groups in total. The van der Waals surface area contributed by atoms with Crippen molar-refractivity contribution >= 4 is 28.1 Å². The van der Waals surface area contributed by atoms with Crippen molar-refractivity contribution in [3.8, 4) is 5.75 Å². The number of benzene rings is 3. The Labute approximate surface area is 156 Å². The van der Waals surface area contributed by atoms with Gasteiger partial charge < -0.3 is 10.1 Å². The van der Waals surface area contributed by atoms with E-state index in [0.29, 0.717) is 5.71 Å². The summed E-state index contributed by atoms with van der Waals surface area (Å²) >= 11 is 0. The highest BCUT2D eigenvalue weighted by molar-refractivity contribution is 6.02. The number of carbonyl (C=O) groups is 1. The minimum atomic E-state index is -0.405. The van der Waals surface area contributed by atoms with Crippen molar-refractivity contribution in [1.29, 1.82) is 0 Å². The number of carbonyl (C=O) groups excluding carboxylic acids is 1. The zero-order chi connectivity index (χ0) is 19.2. The predicted molar refractivity (Wildman–Crippen MR) is 106 cm³/mol. The lowest BCUT2D eigenvalue weighted by molar-refractivity contribution is -0.119. The highest BCUT2D eigenvalue weighted by Gasteiger charge is 2.05. The van der Waals surface area contributed by atoms with E-state index in [9.17, 15) is 9.18 Å². The van der Waals surface area contributed by atoms with E-state index in [1.165, 1.54) is 6.07 Å². The molecule has 0 spiro atoms. The molecule has 0 aliphatic heterocycles. The number of nitrogens with one attached hydrogen (secondary N) is 2. The summed E-state index contributed by atoms with van der Waals surface area (Å²) in [5.41, 5.74) is 4.33. The molecule has 0 unspecified atom stereocenters. The summed E-state index contributed by atoms with van der Waals surface area (Å²) in [5.74, 6) is 0.0381. The van der Waals surface area contributed by atoms with E-state index < -0.39 is 5.82 Å². The summed E-state index contributed by atoms with van der Waals surface area (Å²) in [7, 11) is 1.63. The maximum absolute atomic E-state index is 13.5. The van der Waals surface area contributed by atoms with Gasteiger partial charge in [-0.25, -0.2) is 9.82 Å². The Morgan fingerprint density at radius 2 is 1.81 bits per heavy atom. The molecule has 27 heavy (non-hydrogen) atoms. The molecule has 3 rings (SSSR count). The van der Waals surface area contributed by atoms with Crippen molar-refractivity contribution in [2.75, 3.05) is 19.0 Å². The molecule has 0 aliphatic carbocycles. The first-order chi connectivity index (χ1) is 13.1. The molecular weight excluding hydrogens is 345 g/mol. The molecule has 0 saturated heterocycles. The van der Waals surface area contributed by atoms with Crippen LogP contribution in [0.2, 0.25) is 0 Å². The molecule has 5 nitrogen and oxygen atoms in total. The molecule has 0 radical (unpaired) electrons. The van der Waals surface area contributed by atoms with E-state index in [2.05, 4.69) is 15.8 Å². The first-order valence-electron chi connectivity index (χ1n) is 8.46. The SMILES string of the molecule is COc1ccc2cc(C(C)=NNC(=O)CNc3ccccc3F)ccc2c1. The summed E-state index contributed by atoms with van der Waals surface area (Å²) < 4.78 is 18.7. The van der Waals surface area contributed by atoms with Crippen LogP contribution in [-0.4, -0.2) is 25.3 Å². The number of hydrazone groups is 1. The van der Waals surface area contributed by atoms with Crippen LogP contribution in [0, 0.1) is 5.82 Å². The monoisotopic (exact) mass is 365 g/mol. The van der Waals surface area contributed by atoms with Crippen molar-refractivity contribution < 1.29 is 13.9 Å². The fourth-order valence-electron chi connectivity index (χ4n) is 2.61. The van der Waals surface area contributed by atoms with Crippen LogP contribution in [0.1, 0.15) is 12.5 Å². The smallest absolute Gasteiger partial charge is 0.259 e. The number of halogens is 1. The number of fused-ring (bicyclic) bond motifs is 1. The molecule has 3 aromatic rings. The Bertz CT molecular complexity index is 1000. The van der Waals surface area contributed by atoms with Crippen LogP contribution < -0.4 is 15.5 Å². The summed E-state index contributed by atoms with van der Waals surface area (Å²) in [6.45, 7) is 1.74. The van der Waals surface area contributed by atoms with Crippen LogP contribution in [0.15, 0.2) is 65.8 Å². The number of methoxy groups -OCH3 is 1. The van der Waals surface area contributed by atoms with E-state index in [-0.39, 0.29) is 18.1 Å². The van der Waals surface area contributed by atoms with E-state index in [1.807, 2.05) is 43.3 Å². The summed E-state index contributed by atoms with van der Waals surface area (Å²) in [6.07, 6.45) is 0. The lowest BCUT2D eigenvalue weighted by atomic mass is 10.0. The zero-order valence-electron chi connectivity index (χ0n) is 15.1. The molecule has 1 amide bonds. The predicted octanol–water partition coefficient (Wildman–Crippen LogP) is 3.94. The molecular formula is C21H20FN3O2. The number of anilines is 1. The van der Waals surface area contributed by atoms with Gasteiger partial charge in [0.15, 0.2) is 0 Å². The van der Waals surface area contributed by atoms with Gasteiger partial charge in [-0.2, -0.15) is 5.10 Å². The second-order valence-electron chi connectivity index (χ2n) is 5.99. The van der Waals surface area contributed by atoms with Gasteiger partial charge in [0.05, 0.1) is 25.1 Å². The molecule has 0 bridgehead atoms. The maximum Gasteiger partial charge on any atom is 0.259 e. The molecule has 138 valence electrons. The van der Waals surface area contributed by atoms with E-state index in [1.54, 1.807) is 25.3 Å². The Morgan fingerprint density at radius 3 is 2.59 bits per heavy atom. The number of amides is 1. The second kappa shape index (κ2) is 8.31. The van der Waals surface area contributed by atoms with Crippen LogP contribution in [0.5, 0.6) is 5.75 Å². The fourth-order valence-corrected chi connectivity index (χ4v) is 2.61. The quantitative estimate of drug-likeness (QED) is 0.514. The normalized spacial score (nSPS) is 11.3. The first-order valence-corrected chi connectivity index (χ1v) is 8.46. The van der Waals surface area contributed by atoms with Crippen molar-refractivity contribution in [3.05, 3.63) is 72.0 Å². The van der Waals surface area contributed by atoms with Gasteiger partial charge >= 0.3 is 0 Å². The number of ether oxygens (including phenoxy) is 1. The van der Waals surface area contributed by atoms with Gasteiger partial charge in [0.25, 0.3) is 5.91 Å². The van der Waals surface area contributed by atoms with Gasteiger partial charge in [-0.1, -0.05) is 30.3 Å². The second-order valence-corrected chi connectivity index (χ2v) is 5.99. The van der Waals surface area contributed by atoms with Crippen LogP contribution in [0.4, 0.5) is 10.1 Å². The third kappa shape index (κ3) is 4.61. The zero-order valence-corrected chi connectivity index (χ0v) is 15.1. The van der Waals surface area contributed by atoms with Crippen molar-refractivity contribution in [2.24, 2.45) is 5.10 Å². The third-order valence-corrected chi connectivity index (χ3v) is 4.13. The lowest BCUT2D eigenvalue weighted by Gasteiger charge is -2.08. The summed E-state index contributed by atoms with van der Waals surface area (Å²) in [5, 5.41) is 8.98. The van der Waals surface area contributed by atoms with Crippen LogP contribution >= 0.6 is 0 Å². The Morgan fingerprint density at radius 1 is 1.07 bits per heavy atom. The van der Waals surface area contributed by atoms with Gasteiger partial charge in [0, 0.05) is 0 Å². The van der Waals surface area contributed by atoms with Gasteiger partial charge in [0.1, 0.15) is 11.6 Å². The minimum Gasteiger partial charge on any atom is -0.497 e. The molecule has 0 fully saturated rings. The van der Waals surface area contributed by atoms with E-state index in [0.717, 1.165) is 22.1 Å². The average molecular weight is 365 g/mol.